The number of esters is 3. The van der Waals surface area contributed by atoms with Crippen LogP contribution < -0.4 is 4.74 Å². The lowest BCUT2D eigenvalue weighted by Crippen LogP contribution is -2.48. The Morgan fingerprint density at radius 2 is 1.39 bits per heavy atom. The third kappa shape index (κ3) is 4.19. The van der Waals surface area contributed by atoms with Crippen molar-refractivity contribution in [1.29, 1.82) is 0 Å². The molecule has 8 heteroatoms. The highest BCUT2D eigenvalue weighted by molar-refractivity contribution is 7.97. The van der Waals surface area contributed by atoms with Crippen LogP contribution in [0.25, 0.3) is 0 Å². The largest absolute Gasteiger partial charge is 0.455 e. The van der Waals surface area contributed by atoms with Gasteiger partial charge in [-0.3, -0.25) is 9.59 Å². The van der Waals surface area contributed by atoms with E-state index in [4.69, 9.17) is 18.9 Å². The quantitative estimate of drug-likeness (QED) is 0.197. The molecule has 3 fully saturated rings. The number of fused-ring (bicyclic) bond motifs is 1. The summed E-state index contributed by atoms with van der Waals surface area (Å²) in [6.45, 7) is 5.11. The lowest BCUT2D eigenvalue weighted by atomic mass is 9.78. The molecule has 7 nitrogen and oxygen atoms in total. The van der Waals surface area contributed by atoms with E-state index in [2.05, 4.69) is 30.8 Å². The Hall–Kier alpha value is -3.88. The molecule has 0 aliphatic carbocycles. The van der Waals surface area contributed by atoms with Crippen LogP contribution in [0.4, 0.5) is 0 Å². The number of hydrogen-bond acceptors (Lipinski definition) is 7. The van der Waals surface area contributed by atoms with E-state index in [0.29, 0.717) is 5.75 Å². The summed E-state index contributed by atoms with van der Waals surface area (Å²) in [5.41, 5.74) is 0.206. The van der Waals surface area contributed by atoms with Gasteiger partial charge in [-0.2, -0.15) is 0 Å². The van der Waals surface area contributed by atoms with Crippen molar-refractivity contribution >= 4 is 28.8 Å². The highest BCUT2D eigenvalue weighted by atomic mass is 32.2. The Labute approximate surface area is 222 Å². The van der Waals surface area contributed by atoms with E-state index in [1.807, 2.05) is 48.5 Å². The molecule has 192 valence electrons. The van der Waals surface area contributed by atoms with E-state index in [9.17, 15) is 14.4 Å². The summed E-state index contributed by atoms with van der Waals surface area (Å²) in [5, 5.41) is 0. The van der Waals surface area contributed by atoms with Gasteiger partial charge < -0.3 is 18.9 Å². The fourth-order valence-electron chi connectivity index (χ4n) is 5.31. The summed E-state index contributed by atoms with van der Waals surface area (Å²) in [6, 6.07) is 27.9. The molecule has 6 atom stereocenters. The normalized spacial score (nSPS) is 26.7. The fraction of sp³-hybridized carbons (Fsp3) is 0.233. The zero-order chi connectivity index (χ0) is 26.4. The van der Waals surface area contributed by atoms with E-state index in [0.717, 1.165) is 4.90 Å². The summed E-state index contributed by atoms with van der Waals surface area (Å²) in [4.78, 5) is 41.4. The molecule has 3 saturated heterocycles. The van der Waals surface area contributed by atoms with Crippen molar-refractivity contribution in [3.05, 3.63) is 97.1 Å². The maximum atomic E-state index is 13.3. The summed E-state index contributed by atoms with van der Waals surface area (Å²) in [6.07, 6.45) is -3.07. The Morgan fingerprint density at radius 1 is 0.816 bits per heavy atom. The summed E-state index contributed by atoms with van der Waals surface area (Å²) in [7, 11) is -0.337. The van der Waals surface area contributed by atoms with Gasteiger partial charge in [0.25, 0.3) is 0 Å². The van der Waals surface area contributed by atoms with Gasteiger partial charge in [0, 0.05) is 5.57 Å². The van der Waals surface area contributed by atoms with Crippen molar-refractivity contribution in [2.24, 2.45) is 11.8 Å². The summed E-state index contributed by atoms with van der Waals surface area (Å²) in [5.74, 6) is -3.14. The first kappa shape index (κ1) is 24.5. The van der Waals surface area contributed by atoms with Crippen LogP contribution in [0.2, 0.25) is 0 Å². The van der Waals surface area contributed by atoms with Gasteiger partial charge in [0.2, 0.25) is 0 Å². The molecule has 0 amide bonds. The molecule has 0 saturated carbocycles. The van der Waals surface area contributed by atoms with Crippen molar-refractivity contribution in [2.45, 2.75) is 46.0 Å². The predicted octanol–water partition coefficient (Wildman–Crippen LogP) is 4.11. The molecule has 0 radical (unpaired) electrons. The minimum atomic E-state index is -0.933. The molecular formula is C30H25O7S+. The van der Waals surface area contributed by atoms with E-state index < -0.39 is 54.2 Å². The molecule has 3 heterocycles. The third-order valence-electron chi connectivity index (χ3n) is 7.00. The molecule has 2 bridgehead atoms. The molecule has 0 aromatic heterocycles. The monoisotopic (exact) mass is 529 g/mol. The second-order valence-corrected chi connectivity index (χ2v) is 11.5. The summed E-state index contributed by atoms with van der Waals surface area (Å²) >= 11 is 0. The van der Waals surface area contributed by atoms with Crippen LogP contribution in [0.5, 0.6) is 5.75 Å². The highest BCUT2D eigenvalue weighted by Crippen LogP contribution is 2.51. The Bertz CT molecular complexity index is 1350. The summed E-state index contributed by atoms with van der Waals surface area (Å²) < 4.78 is 22.5. The topological polar surface area (TPSA) is 88.1 Å². The standard InChI is InChI=1S/C30H25O7S/c1-17(2)28(31)36-26-24-22(23-25(35-24)27(26)37-30(23)33)29(32)34-18-13-15-21(16-14-18)38(19-9-5-3-6-10-19)20-11-7-4-8-12-20/h3-16,22-27H,1H2,2H3/q+1. The van der Waals surface area contributed by atoms with E-state index in [-0.39, 0.29) is 16.5 Å². The van der Waals surface area contributed by atoms with Gasteiger partial charge in [-0.05, 0) is 55.5 Å². The minimum Gasteiger partial charge on any atom is -0.455 e. The molecule has 0 spiro atoms. The molecule has 3 aliphatic rings. The Morgan fingerprint density at radius 3 is 1.97 bits per heavy atom. The van der Waals surface area contributed by atoms with E-state index >= 15 is 0 Å². The maximum Gasteiger partial charge on any atom is 0.333 e. The number of hydrogen-bond donors (Lipinski definition) is 0. The van der Waals surface area contributed by atoms with Crippen LogP contribution >= 0.6 is 0 Å². The van der Waals surface area contributed by atoms with Gasteiger partial charge in [0.1, 0.15) is 29.8 Å². The molecule has 3 aromatic carbocycles. The molecule has 3 aromatic rings. The van der Waals surface area contributed by atoms with Gasteiger partial charge >= 0.3 is 17.9 Å². The SMILES string of the molecule is C=C(C)C(=O)OC1C2OC(=O)C3C2OC1C3C(=O)Oc1ccc([S+](c2ccccc2)c2ccccc2)cc1. The number of benzene rings is 3. The highest BCUT2D eigenvalue weighted by Gasteiger charge is 2.72. The first-order valence-corrected chi connectivity index (χ1v) is 13.5. The van der Waals surface area contributed by atoms with Gasteiger partial charge in [0.15, 0.2) is 26.9 Å². The molecule has 3 aliphatic heterocycles. The average molecular weight is 530 g/mol. The van der Waals surface area contributed by atoms with Gasteiger partial charge in [-0.25, -0.2) is 4.79 Å². The van der Waals surface area contributed by atoms with Crippen molar-refractivity contribution in [1.82, 2.24) is 0 Å². The van der Waals surface area contributed by atoms with Crippen LogP contribution in [0, 0.1) is 11.8 Å². The number of rotatable bonds is 7. The zero-order valence-corrected chi connectivity index (χ0v) is 21.3. The predicted molar refractivity (Wildman–Crippen MR) is 137 cm³/mol. The Kier molecular flexibility index (Phi) is 6.29. The van der Waals surface area contributed by atoms with Crippen molar-refractivity contribution in [3.8, 4) is 5.75 Å². The van der Waals surface area contributed by atoms with Crippen LogP contribution in [-0.4, -0.2) is 42.3 Å². The first-order chi connectivity index (χ1) is 18.4. The Balaban J connectivity index is 1.22. The third-order valence-corrected chi connectivity index (χ3v) is 9.24. The van der Waals surface area contributed by atoms with Crippen molar-refractivity contribution in [2.75, 3.05) is 0 Å². The minimum absolute atomic E-state index is 0.206. The lowest BCUT2D eigenvalue weighted by molar-refractivity contribution is -0.158. The molecule has 38 heavy (non-hydrogen) atoms. The van der Waals surface area contributed by atoms with Crippen LogP contribution in [0.1, 0.15) is 6.92 Å². The number of carbonyl (C=O) groups excluding carboxylic acids is 3. The van der Waals surface area contributed by atoms with Crippen LogP contribution in [-0.2, 0) is 39.5 Å². The van der Waals surface area contributed by atoms with Gasteiger partial charge in [-0.15, -0.1) is 0 Å². The lowest BCUT2D eigenvalue weighted by Gasteiger charge is -2.27. The number of ether oxygens (including phenoxy) is 4. The first-order valence-electron chi connectivity index (χ1n) is 12.3. The zero-order valence-electron chi connectivity index (χ0n) is 20.5. The second-order valence-electron chi connectivity index (χ2n) is 9.49. The molecular weight excluding hydrogens is 504 g/mol. The van der Waals surface area contributed by atoms with Crippen molar-refractivity contribution in [3.63, 3.8) is 0 Å². The second kappa shape index (κ2) is 9.78. The smallest absolute Gasteiger partial charge is 0.333 e. The van der Waals surface area contributed by atoms with Crippen LogP contribution in [0.3, 0.4) is 0 Å². The van der Waals surface area contributed by atoms with Gasteiger partial charge in [0.05, 0.1) is 10.9 Å². The fourth-order valence-corrected chi connectivity index (χ4v) is 7.40. The maximum absolute atomic E-state index is 13.3. The molecule has 0 N–H and O–H groups in total. The molecule has 6 unspecified atom stereocenters. The average Bonchev–Trinajstić information content (AvgIpc) is 3.55. The van der Waals surface area contributed by atoms with Gasteiger partial charge in [-0.1, -0.05) is 43.0 Å². The van der Waals surface area contributed by atoms with Crippen molar-refractivity contribution < 1.29 is 33.3 Å². The molecule has 6 rings (SSSR count). The van der Waals surface area contributed by atoms with E-state index in [1.165, 1.54) is 16.7 Å². The van der Waals surface area contributed by atoms with Crippen LogP contribution in [0.15, 0.2) is 112 Å². The van der Waals surface area contributed by atoms with E-state index in [1.54, 1.807) is 12.1 Å². The number of carbonyl (C=O) groups is 3.